The van der Waals surface area contributed by atoms with Crippen molar-refractivity contribution in [3.8, 4) is 28.6 Å². The lowest BCUT2D eigenvalue weighted by Crippen LogP contribution is -2.20. The highest BCUT2D eigenvalue weighted by atomic mass is 35.5. The Labute approximate surface area is 235 Å². The number of hydrogen-bond donors (Lipinski definition) is 1. The third kappa shape index (κ3) is 6.93. The molecule has 0 spiro atoms. The predicted molar refractivity (Wildman–Crippen MR) is 156 cm³/mol. The fourth-order valence-electron chi connectivity index (χ4n) is 3.70. The van der Waals surface area contributed by atoms with E-state index in [9.17, 15) is 4.79 Å². The zero-order valence-electron chi connectivity index (χ0n) is 21.0. The molecule has 1 heterocycles. The van der Waals surface area contributed by atoms with Crippen LogP contribution in [-0.2, 0) is 4.79 Å². The number of nitrogens with zero attached hydrogens (tertiary/aromatic N) is 4. The molecule has 0 aliphatic rings. The summed E-state index contributed by atoms with van der Waals surface area (Å²) < 4.78 is 7.77. The Kier molecular flexibility index (Phi) is 8.36. The molecule has 0 saturated carbocycles. The van der Waals surface area contributed by atoms with Gasteiger partial charge in [-0.25, -0.2) is 5.43 Å². The molecule has 5 aromatic rings. The van der Waals surface area contributed by atoms with Gasteiger partial charge in [-0.15, -0.1) is 10.2 Å². The maximum atomic E-state index is 12.6. The second kappa shape index (κ2) is 12.4. The molecule has 0 atom stereocenters. The standard InChI is InChI=1S/C30H24ClN5O2S/c1-21-10-12-23(13-11-21)29-34-35-30(36(29)25-16-14-24(31)15-17-25)39-20-28(37)33-32-19-22-6-5-9-27(18-22)38-26-7-3-2-4-8-26/h2-19H,20H2,1H3,(H,33,37)/b32-19-. The molecular weight excluding hydrogens is 530 g/mol. The first-order valence-electron chi connectivity index (χ1n) is 12.1. The van der Waals surface area contributed by atoms with Crippen LogP contribution in [0.4, 0.5) is 0 Å². The third-order valence-electron chi connectivity index (χ3n) is 5.60. The van der Waals surface area contributed by atoms with E-state index in [-0.39, 0.29) is 11.7 Å². The average molecular weight is 554 g/mol. The summed E-state index contributed by atoms with van der Waals surface area (Å²) in [6.07, 6.45) is 1.58. The van der Waals surface area contributed by atoms with Crippen LogP contribution in [0.25, 0.3) is 17.1 Å². The smallest absolute Gasteiger partial charge is 0.250 e. The number of hydrazone groups is 1. The molecule has 0 saturated heterocycles. The minimum atomic E-state index is -0.268. The van der Waals surface area contributed by atoms with E-state index in [0.717, 1.165) is 28.1 Å². The number of benzene rings is 4. The van der Waals surface area contributed by atoms with Gasteiger partial charge in [-0.3, -0.25) is 9.36 Å². The van der Waals surface area contributed by atoms with Crippen molar-refractivity contribution in [1.29, 1.82) is 0 Å². The summed E-state index contributed by atoms with van der Waals surface area (Å²) in [5.41, 5.74) is 6.29. The lowest BCUT2D eigenvalue weighted by atomic mass is 10.1. The first kappa shape index (κ1) is 26.2. The van der Waals surface area contributed by atoms with Crippen LogP contribution in [-0.4, -0.2) is 32.6 Å². The Morgan fingerprint density at radius 3 is 2.46 bits per heavy atom. The second-order valence-corrected chi connectivity index (χ2v) is 9.93. The van der Waals surface area contributed by atoms with E-state index >= 15 is 0 Å². The Morgan fingerprint density at radius 2 is 1.69 bits per heavy atom. The van der Waals surface area contributed by atoms with Crippen molar-refractivity contribution in [1.82, 2.24) is 20.2 Å². The minimum Gasteiger partial charge on any atom is -0.457 e. The van der Waals surface area contributed by atoms with Crippen molar-refractivity contribution in [3.63, 3.8) is 0 Å². The molecule has 0 aliphatic carbocycles. The second-order valence-electron chi connectivity index (χ2n) is 8.55. The fourth-order valence-corrected chi connectivity index (χ4v) is 4.57. The molecule has 0 bridgehead atoms. The van der Waals surface area contributed by atoms with Crippen molar-refractivity contribution >= 4 is 35.5 Å². The van der Waals surface area contributed by atoms with Crippen LogP contribution in [0.2, 0.25) is 5.02 Å². The van der Waals surface area contributed by atoms with E-state index in [2.05, 4.69) is 20.7 Å². The minimum absolute atomic E-state index is 0.105. The van der Waals surface area contributed by atoms with Crippen molar-refractivity contribution in [2.45, 2.75) is 12.1 Å². The van der Waals surface area contributed by atoms with E-state index < -0.39 is 0 Å². The highest BCUT2D eigenvalue weighted by Gasteiger charge is 2.17. The van der Waals surface area contributed by atoms with E-state index in [1.165, 1.54) is 11.8 Å². The molecule has 0 fully saturated rings. The molecule has 39 heavy (non-hydrogen) atoms. The lowest BCUT2D eigenvalue weighted by Gasteiger charge is -2.10. The van der Waals surface area contributed by atoms with Crippen LogP contribution in [0.1, 0.15) is 11.1 Å². The number of hydrogen-bond acceptors (Lipinski definition) is 6. The van der Waals surface area contributed by atoms with Crippen molar-refractivity contribution in [2.75, 3.05) is 5.75 Å². The van der Waals surface area contributed by atoms with Gasteiger partial charge < -0.3 is 4.74 Å². The number of rotatable bonds is 9. The number of carbonyl (C=O) groups is 1. The number of halogens is 1. The van der Waals surface area contributed by atoms with E-state index in [0.29, 0.717) is 21.8 Å². The number of nitrogens with one attached hydrogen (secondary N) is 1. The molecular formula is C30H24ClN5O2S. The topological polar surface area (TPSA) is 81.4 Å². The molecule has 9 heteroatoms. The largest absolute Gasteiger partial charge is 0.457 e. The summed E-state index contributed by atoms with van der Waals surface area (Å²) >= 11 is 7.38. The number of para-hydroxylation sites is 1. The van der Waals surface area contributed by atoms with Gasteiger partial charge in [0.05, 0.1) is 12.0 Å². The summed E-state index contributed by atoms with van der Waals surface area (Å²) in [7, 11) is 0. The first-order valence-corrected chi connectivity index (χ1v) is 13.5. The number of thioether (sulfide) groups is 1. The number of aromatic nitrogens is 3. The molecule has 0 unspecified atom stereocenters. The Morgan fingerprint density at radius 1 is 0.949 bits per heavy atom. The van der Waals surface area contributed by atoms with Crippen molar-refractivity contribution < 1.29 is 9.53 Å². The summed E-state index contributed by atoms with van der Waals surface area (Å²) in [6.45, 7) is 2.03. The van der Waals surface area contributed by atoms with Crippen LogP contribution >= 0.6 is 23.4 Å². The SMILES string of the molecule is Cc1ccc(-c2nnc(SCC(=O)N/N=C\c3cccc(Oc4ccccc4)c3)n2-c2ccc(Cl)cc2)cc1. The molecule has 1 aromatic heterocycles. The summed E-state index contributed by atoms with van der Waals surface area (Å²) in [5.74, 6) is 1.94. The van der Waals surface area contributed by atoms with Gasteiger partial charge in [0.25, 0.3) is 5.91 Å². The number of amides is 1. The highest BCUT2D eigenvalue weighted by molar-refractivity contribution is 7.99. The maximum Gasteiger partial charge on any atom is 0.250 e. The number of ether oxygens (including phenoxy) is 1. The third-order valence-corrected chi connectivity index (χ3v) is 6.78. The van der Waals surface area contributed by atoms with Gasteiger partial charge in [0.2, 0.25) is 0 Å². The Hall–Kier alpha value is -4.40. The van der Waals surface area contributed by atoms with Gasteiger partial charge in [0.1, 0.15) is 11.5 Å². The van der Waals surface area contributed by atoms with E-state index in [1.54, 1.807) is 6.21 Å². The molecule has 5 rings (SSSR count). The molecule has 7 nitrogen and oxygen atoms in total. The highest BCUT2D eigenvalue weighted by Crippen LogP contribution is 2.29. The molecule has 1 amide bonds. The van der Waals surface area contributed by atoms with Crippen LogP contribution in [0.15, 0.2) is 113 Å². The van der Waals surface area contributed by atoms with Gasteiger partial charge in [0.15, 0.2) is 11.0 Å². The predicted octanol–water partition coefficient (Wildman–Crippen LogP) is 6.93. The van der Waals surface area contributed by atoms with Crippen molar-refractivity contribution in [3.05, 3.63) is 119 Å². The van der Waals surface area contributed by atoms with E-state index in [1.807, 2.05) is 115 Å². The van der Waals surface area contributed by atoms with Crippen LogP contribution < -0.4 is 10.2 Å². The molecule has 0 radical (unpaired) electrons. The number of aryl methyl sites for hydroxylation is 1. The van der Waals surface area contributed by atoms with E-state index in [4.69, 9.17) is 16.3 Å². The van der Waals surface area contributed by atoms with Crippen LogP contribution in [0, 0.1) is 6.92 Å². The normalized spacial score (nSPS) is 11.0. The summed E-state index contributed by atoms with van der Waals surface area (Å²) in [6, 6.07) is 32.4. The fraction of sp³-hybridized carbons (Fsp3) is 0.0667. The van der Waals surface area contributed by atoms with Gasteiger partial charge in [-0.05, 0) is 61.0 Å². The Bertz CT molecular complexity index is 1590. The zero-order chi connectivity index (χ0) is 27.0. The molecule has 4 aromatic carbocycles. The number of carbonyl (C=O) groups excluding carboxylic acids is 1. The van der Waals surface area contributed by atoms with Crippen LogP contribution in [0.3, 0.4) is 0 Å². The quantitative estimate of drug-likeness (QED) is 0.122. The Balaban J connectivity index is 1.25. The summed E-state index contributed by atoms with van der Waals surface area (Å²) in [5, 5.41) is 14.1. The van der Waals surface area contributed by atoms with Gasteiger partial charge >= 0.3 is 0 Å². The van der Waals surface area contributed by atoms with Gasteiger partial charge in [-0.2, -0.15) is 5.10 Å². The summed E-state index contributed by atoms with van der Waals surface area (Å²) in [4.78, 5) is 12.6. The molecule has 0 aliphatic heterocycles. The molecule has 1 N–H and O–H groups in total. The average Bonchev–Trinajstić information content (AvgIpc) is 3.37. The van der Waals surface area contributed by atoms with Crippen molar-refractivity contribution in [2.24, 2.45) is 5.10 Å². The maximum absolute atomic E-state index is 12.6. The van der Waals surface area contributed by atoms with Gasteiger partial charge in [-0.1, -0.05) is 83.5 Å². The zero-order valence-corrected chi connectivity index (χ0v) is 22.6. The van der Waals surface area contributed by atoms with Crippen LogP contribution in [0.5, 0.6) is 11.5 Å². The lowest BCUT2D eigenvalue weighted by molar-refractivity contribution is -0.118. The monoisotopic (exact) mass is 553 g/mol. The molecule has 194 valence electrons. The van der Waals surface area contributed by atoms with Gasteiger partial charge in [0, 0.05) is 16.3 Å². The first-order chi connectivity index (χ1) is 19.0.